The Morgan fingerprint density at radius 1 is 1.11 bits per heavy atom. The number of amides is 2. The van der Waals surface area contributed by atoms with E-state index in [0.717, 1.165) is 22.7 Å². The van der Waals surface area contributed by atoms with Gasteiger partial charge < -0.3 is 10.7 Å². The molecule has 5 nitrogen and oxygen atoms in total. The van der Waals surface area contributed by atoms with Crippen LogP contribution in [-0.4, -0.2) is 32.6 Å². The first-order valence-corrected chi connectivity index (χ1v) is 13.2. The van der Waals surface area contributed by atoms with Crippen molar-refractivity contribution < 1.29 is 10.0 Å². The molecule has 0 unspecified atom stereocenters. The summed E-state index contributed by atoms with van der Waals surface area (Å²) >= 11 is 8.01. The van der Waals surface area contributed by atoms with E-state index in [2.05, 4.69) is 63.9 Å². The van der Waals surface area contributed by atoms with Crippen molar-refractivity contribution in [1.82, 2.24) is 10.0 Å². The average Bonchev–Trinajstić information content (AvgIpc) is 3.04. The highest BCUT2D eigenvalue weighted by molar-refractivity contribution is 8.00. The Kier molecular flexibility index (Phi) is 8.19. The van der Waals surface area contributed by atoms with Gasteiger partial charge in [0.1, 0.15) is 0 Å². The zero-order chi connectivity index (χ0) is 26.1. The number of carbonyl (C=O) groups is 1. The SMILES string of the molecule is CC(C)c1ccc2[nH]c(CC(C)(C)CN(O)C(N)=O)c(SC(C)(C)C)c2c1Cc1ccc(Cl)cc1. The molecule has 3 rings (SSSR count). The molecular weight excluding hydrogens is 478 g/mol. The number of nitrogens with two attached hydrogens (primary N) is 1. The number of carbonyl (C=O) groups excluding carboxylic acids is 1. The maximum absolute atomic E-state index is 11.4. The van der Waals surface area contributed by atoms with Crippen molar-refractivity contribution in [2.24, 2.45) is 11.1 Å². The summed E-state index contributed by atoms with van der Waals surface area (Å²) in [4.78, 5) is 16.4. The molecule has 0 aliphatic carbocycles. The van der Waals surface area contributed by atoms with Gasteiger partial charge in [-0.1, -0.05) is 78.3 Å². The number of hydrogen-bond acceptors (Lipinski definition) is 3. The lowest BCUT2D eigenvalue weighted by Crippen LogP contribution is -2.40. The van der Waals surface area contributed by atoms with E-state index in [1.807, 2.05) is 37.7 Å². The van der Waals surface area contributed by atoms with Crippen molar-refractivity contribution in [3.05, 3.63) is 63.8 Å². The van der Waals surface area contributed by atoms with Crippen LogP contribution in [0.4, 0.5) is 4.79 Å². The number of aromatic amines is 1. The molecule has 35 heavy (non-hydrogen) atoms. The Balaban J connectivity index is 2.19. The van der Waals surface area contributed by atoms with Gasteiger partial charge in [0.2, 0.25) is 0 Å². The molecule has 7 heteroatoms. The molecule has 1 heterocycles. The zero-order valence-electron chi connectivity index (χ0n) is 21.8. The highest BCUT2D eigenvalue weighted by Crippen LogP contribution is 2.44. The Hall–Kier alpha value is -2.15. The Bertz CT molecular complexity index is 1190. The molecule has 0 saturated carbocycles. The van der Waals surface area contributed by atoms with Gasteiger partial charge in [-0.3, -0.25) is 5.21 Å². The van der Waals surface area contributed by atoms with Gasteiger partial charge in [0.05, 0.1) is 6.54 Å². The minimum atomic E-state index is -0.842. The molecule has 1 aromatic heterocycles. The standard InChI is InChI=1S/C28H38ClN3O2S/c1-17(2)20-12-13-22-24(21(20)14-18-8-10-19(29)11-9-18)25(35-27(3,4)5)23(31-22)15-28(6,7)16-32(34)26(30)33/h8-13,17,31,34H,14-16H2,1-7H3,(H2,30,33). The van der Waals surface area contributed by atoms with Crippen molar-refractivity contribution in [2.45, 2.75) is 76.9 Å². The van der Waals surface area contributed by atoms with Crippen molar-refractivity contribution in [2.75, 3.05) is 6.54 Å². The number of H-pyrrole nitrogens is 1. The summed E-state index contributed by atoms with van der Waals surface area (Å²) in [7, 11) is 0. The average molecular weight is 516 g/mol. The molecule has 0 spiro atoms. The lowest BCUT2D eigenvalue weighted by molar-refractivity contribution is -0.0631. The molecule has 0 aliphatic heterocycles. The third kappa shape index (κ3) is 6.96. The number of halogens is 1. The molecule has 0 fully saturated rings. The topological polar surface area (TPSA) is 82.3 Å². The number of rotatable bonds is 8. The maximum Gasteiger partial charge on any atom is 0.338 e. The number of nitrogens with one attached hydrogen (secondary N) is 1. The second-order valence-electron chi connectivity index (χ2n) is 11.4. The first kappa shape index (κ1) is 27.4. The summed E-state index contributed by atoms with van der Waals surface area (Å²) in [5.74, 6) is 0.377. The Morgan fingerprint density at radius 2 is 1.74 bits per heavy atom. The van der Waals surface area contributed by atoms with Crippen LogP contribution in [0, 0.1) is 5.41 Å². The smallest absolute Gasteiger partial charge is 0.338 e. The molecule has 2 amide bonds. The molecule has 2 aromatic carbocycles. The monoisotopic (exact) mass is 515 g/mol. The summed E-state index contributed by atoms with van der Waals surface area (Å²) < 4.78 is -0.00433. The summed E-state index contributed by atoms with van der Waals surface area (Å²) in [6.07, 6.45) is 1.47. The predicted octanol–water partition coefficient (Wildman–Crippen LogP) is 7.76. The van der Waals surface area contributed by atoms with Gasteiger partial charge in [0.25, 0.3) is 0 Å². The van der Waals surface area contributed by atoms with Crippen LogP contribution in [-0.2, 0) is 12.8 Å². The van der Waals surface area contributed by atoms with Gasteiger partial charge in [-0.05, 0) is 59.1 Å². The number of aromatic nitrogens is 1. The van der Waals surface area contributed by atoms with Crippen molar-refractivity contribution in [3.63, 3.8) is 0 Å². The predicted molar refractivity (Wildman–Crippen MR) is 148 cm³/mol. The van der Waals surface area contributed by atoms with E-state index in [1.165, 1.54) is 27.0 Å². The van der Waals surface area contributed by atoms with Gasteiger partial charge in [-0.25, -0.2) is 9.86 Å². The van der Waals surface area contributed by atoms with Gasteiger partial charge in [-0.2, -0.15) is 0 Å². The fourth-order valence-corrected chi connectivity index (χ4v) is 5.82. The lowest BCUT2D eigenvalue weighted by Gasteiger charge is -2.28. The minimum Gasteiger partial charge on any atom is -0.357 e. The first-order chi connectivity index (χ1) is 16.2. The van der Waals surface area contributed by atoms with E-state index < -0.39 is 11.4 Å². The summed E-state index contributed by atoms with van der Waals surface area (Å²) in [6.45, 7) is 15.3. The van der Waals surface area contributed by atoms with E-state index in [4.69, 9.17) is 17.3 Å². The summed E-state index contributed by atoms with van der Waals surface area (Å²) in [6, 6.07) is 11.7. The highest BCUT2D eigenvalue weighted by atomic mass is 35.5. The number of urea groups is 1. The first-order valence-electron chi connectivity index (χ1n) is 12.0. The molecular formula is C28H38ClN3O2S. The van der Waals surface area contributed by atoms with Gasteiger partial charge in [-0.15, -0.1) is 11.8 Å². The number of hydroxylamine groups is 2. The third-order valence-electron chi connectivity index (χ3n) is 5.95. The van der Waals surface area contributed by atoms with Crippen LogP contribution in [0.3, 0.4) is 0 Å². The van der Waals surface area contributed by atoms with E-state index in [0.29, 0.717) is 17.4 Å². The van der Waals surface area contributed by atoms with Gasteiger partial charge >= 0.3 is 6.03 Å². The van der Waals surface area contributed by atoms with Gasteiger partial charge in [0, 0.05) is 31.3 Å². The van der Waals surface area contributed by atoms with Crippen LogP contribution in [0.2, 0.25) is 5.02 Å². The number of primary amides is 1. The molecule has 190 valence electrons. The minimum absolute atomic E-state index is 0.00433. The van der Waals surface area contributed by atoms with Crippen LogP contribution in [0.25, 0.3) is 10.9 Å². The van der Waals surface area contributed by atoms with Crippen LogP contribution in [0.1, 0.15) is 76.8 Å². The fourth-order valence-electron chi connectivity index (χ4n) is 4.50. The van der Waals surface area contributed by atoms with Crippen LogP contribution >= 0.6 is 23.4 Å². The molecule has 0 aliphatic rings. The highest BCUT2D eigenvalue weighted by Gasteiger charge is 2.29. The van der Waals surface area contributed by atoms with Crippen LogP contribution in [0.5, 0.6) is 0 Å². The van der Waals surface area contributed by atoms with Crippen molar-refractivity contribution in [1.29, 1.82) is 0 Å². The Labute approximate surface area is 218 Å². The number of thioether (sulfide) groups is 1. The number of benzene rings is 2. The van der Waals surface area contributed by atoms with Gasteiger partial charge in [0.15, 0.2) is 0 Å². The normalized spacial score (nSPS) is 12.5. The number of nitrogens with zero attached hydrogens (tertiary/aromatic N) is 1. The van der Waals surface area contributed by atoms with Crippen LogP contribution < -0.4 is 5.73 Å². The van der Waals surface area contributed by atoms with Crippen molar-refractivity contribution in [3.8, 4) is 0 Å². The Morgan fingerprint density at radius 3 is 2.29 bits per heavy atom. The van der Waals surface area contributed by atoms with E-state index in [-0.39, 0.29) is 11.3 Å². The molecule has 0 radical (unpaired) electrons. The largest absolute Gasteiger partial charge is 0.357 e. The van der Waals surface area contributed by atoms with Crippen LogP contribution in [0.15, 0.2) is 41.3 Å². The molecule has 4 N–H and O–H groups in total. The summed E-state index contributed by atoms with van der Waals surface area (Å²) in [5, 5.41) is 12.6. The summed E-state index contributed by atoms with van der Waals surface area (Å²) in [5.41, 5.74) is 11.0. The molecule has 0 saturated heterocycles. The third-order valence-corrected chi connectivity index (χ3v) is 7.47. The van der Waals surface area contributed by atoms with E-state index >= 15 is 0 Å². The zero-order valence-corrected chi connectivity index (χ0v) is 23.4. The van der Waals surface area contributed by atoms with E-state index in [1.54, 1.807) is 0 Å². The number of hydrogen-bond donors (Lipinski definition) is 3. The fraction of sp³-hybridized carbons (Fsp3) is 0.464. The second-order valence-corrected chi connectivity index (χ2v) is 13.7. The molecule has 3 aromatic rings. The second kappa shape index (κ2) is 10.5. The lowest BCUT2D eigenvalue weighted by atomic mass is 9.87. The molecule has 0 bridgehead atoms. The molecule has 0 atom stereocenters. The van der Waals surface area contributed by atoms with E-state index in [9.17, 15) is 10.0 Å². The maximum atomic E-state index is 11.4. The quantitative estimate of drug-likeness (QED) is 0.163. The number of fused-ring (bicyclic) bond motifs is 1. The van der Waals surface area contributed by atoms with Crippen molar-refractivity contribution >= 4 is 40.3 Å².